The molecule has 1 amide bonds. The highest BCUT2D eigenvalue weighted by Gasteiger charge is 2.23. The summed E-state index contributed by atoms with van der Waals surface area (Å²) in [4.78, 5) is 16.5. The third-order valence-electron chi connectivity index (χ3n) is 2.90. The van der Waals surface area contributed by atoms with Crippen LogP contribution in [-0.4, -0.2) is 17.0 Å². The van der Waals surface area contributed by atoms with Crippen molar-refractivity contribution >= 4 is 40.2 Å². The van der Waals surface area contributed by atoms with Crippen LogP contribution in [0.4, 0.5) is 11.4 Å². The van der Waals surface area contributed by atoms with Gasteiger partial charge in [-0.05, 0) is 19.1 Å². The number of carbonyl (C=O) groups is 1. The zero-order valence-electron chi connectivity index (χ0n) is 10.6. The van der Waals surface area contributed by atoms with Crippen LogP contribution in [0, 0.1) is 0 Å². The van der Waals surface area contributed by atoms with Crippen LogP contribution in [0.3, 0.4) is 0 Å². The van der Waals surface area contributed by atoms with Gasteiger partial charge in [0, 0.05) is 22.8 Å². The Hall–Kier alpha value is -1.79. The van der Waals surface area contributed by atoms with E-state index in [1.807, 2.05) is 18.2 Å². The van der Waals surface area contributed by atoms with E-state index in [1.165, 1.54) is 11.3 Å². The molecule has 0 aliphatic carbocycles. The van der Waals surface area contributed by atoms with Gasteiger partial charge in [0.15, 0.2) is 10.6 Å². The van der Waals surface area contributed by atoms with Crippen LogP contribution in [0.5, 0.6) is 5.75 Å². The second-order valence-electron chi connectivity index (χ2n) is 4.39. The van der Waals surface area contributed by atoms with E-state index in [1.54, 1.807) is 13.1 Å². The summed E-state index contributed by atoms with van der Waals surface area (Å²) in [6, 6.07) is 5.58. The van der Waals surface area contributed by atoms with Crippen LogP contribution < -0.4 is 15.4 Å². The van der Waals surface area contributed by atoms with Gasteiger partial charge in [-0.15, -0.1) is 11.3 Å². The molecule has 1 aliphatic rings. The summed E-state index contributed by atoms with van der Waals surface area (Å²) >= 11 is 7.23. The predicted octanol–water partition coefficient (Wildman–Crippen LogP) is 3.13. The molecule has 1 atom stereocenters. The van der Waals surface area contributed by atoms with Gasteiger partial charge in [0.1, 0.15) is 5.75 Å². The molecule has 0 saturated heterocycles. The molecule has 2 aromatic rings. The van der Waals surface area contributed by atoms with Crippen molar-refractivity contribution in [2.75, 3.05) is 10.6 Å². The molecule has 2 N–H and O–H groups in total. The Morgan fingerprint density at radius 1 is 1.55 bits per heavy atom. The van der Waals surface area contributed by atoms with E-state index in [-0.39, 0.29) is 5.91 Å². The first-order chi connectivity index (χ1) is 9.61. The lowest BCUT2D eigenvalue weighted by Gasteiger charge is -2.23. The lowest BCUT2D eigenvalue weighted by atomic mass is 10.2. The zero-order valence-corrected chi connectivity index (χ0v) is 12.2. The van der Waals surface area contributed by atoms with Gasteiger partial charge in [-0.2, -0.15) is 0 Å². The first kappa shape index (κ1) is 13.2. The number of hydrogen-bond acceptors (Lipinski definition) is 5. The molecule has 1 unspecified atom stereocenters. The molecule has 7 heteroatoms. The SMILES string of the molecule is CC1Oc2cc(NCc3cnc(Cl)s3)ccc2NC1=O. The largest absolute Gasteiger partial charge is 0.479 e. The van der Waals surface area contributed by atoms with Gasteiger partial charge in [0.25, 0.3) is 5.91 Å². The number of anilines is 2. The first-order valence-corrected chi connectivity index (χ1v) is 7.27. The summed E-state index contributed by atoms with van der Waals surface area (Å²) in [5.41, 5.74) is 1.61. The van der Waals surface area contributed by atoms with E-state index in [0.717, 1.165) is 10.6 Å². The highest BCUT2D eigenvalue weighted by molar-refractivity contribution is 7.15. The number of benzene rings is 1. The number of thiazole rings is 1. The number of nitrogens with zero attached hydrogens (tertiary/aromatic N) is 1. The molecule has 0 spiro atoms. The molecule has 3 rings (SSSR count). The second kappa shape index (κ2) is 5.30. The van der Waals surface area contributed by atoms with Gasteiger partial charge in [-0.25, -0.2) is 4.98 Å². The highest BCUT2D eigenvalue weighted by atomic mass is 35.5. The van der Waals surface area contributed by atoms with Crippen molar-refractivity contribution in [2.45, 2.75) is 19.6 Å². The van der Waals surface area contributed by atoms with Gasteiger partial charge >= 0.3 is 0 Å². The number of hydrogen-bond donors (Lipinski definition) is 2. The lowest BCUT2D eigenvalue weighted by molar-refractivity contribution is -0.122. The maximum absolute atomic E-state index is 11.5. The van der Waals surface area contributed by atoms with Crippen molar-refractivity contribution < 1.29 is 9.53 Å². The topological polar surface area (TPSA) is 63.2 Å². The van der Waals surface area contributed by atoms with Crippen molar-refractivity contribution in [2.24, 2.45) is 0 Å². The highest BCUT2D eigenvalue weighted by Crippen LogP contribution is 2.32. The summed E-state index contributed by atoms with van der Waals surface area (Å²) in [5.74, 6) is 0.543. The van der Waals surface area contributed by atoms with Crippen LogP contribution in [0.15, 0.2) is 24.4 Å². The summed E-state index contributed by atoms with van der Waals surface area (Å²) < 4.78 is 6.09. The number of aromatic nitrogens is 1. The molecule has 0 fully saturated rings. The molecule has 104 valence electrons. The number of fused-ring (bicyclic) bond motifs is 1. The lowest BCUT2D eigenvalue weighted by Crippen LogP contribution is -2.34. The number of nitrogens with one attached hydrogen (secondary N) is 2. The molecule has 1 aromatic heterocycles. The minimum atomic E-state index is -0.474. The van der Waals surface area contributed by atoms with Crippen molar-refractivity contribution in [3.05, 3.63) is 33.7 Å². The molecule has 0 bridgehead atoms. The Morgan fingerprint density at radius 3 is 3.15 bits per heavy atom. The first-order valence-electron chi connectivity index (χ1n) is 6.07. The average molecular weight is 310 g/mol. The van der Waals surface area contributed by atoms with Crippen molar-refractivity contribution in [1.82, 2.24) is 4.98 Å². The van der Waals surface area contributed by atoms with Gasteiger partial charge in [0.2, 0.25) is 0 Å². The second-order valence-corrected chi connectivity index (χ2v) is 6.09. The minimum Gasteiger partial charge on any atom is -0.479 e. The Morgan fingerprint density at radius 2 is 2.40 bits per heavy atom. The molecular formula is C13H12ClN3O2S. The number of halogens is 1. The third kappa shape index (κ3) is 2.71. The van der Waals surface area contributed by atoms with Gasteiger partial charge in [-0.1, -0.05) is 11.6 Å². The average Bonchev–Trinajstić information content (AvgIpc) is 2.84. The zero-order chi connectivity index (χ0) is 14.1. The van der Waals surface area contributed by atoms with E-state index >= 15 is 0 Å². The van der Waals surface area contributed by atoms with E-state index in [0.29, 0.717) is 22.4 Å². The Kier molecular flexibility index (Phi) is 3.50. The summed E-state index contributed by atoms with van der Waals surface area (Å²) in [6.45, 7) is 2.36. The normalized spacial score (nSPS) is 17.1. The van der Waals surface area contributed by atoms with Crippen molar-refractivity contribution in [3.8, 4) is 5.75 Å². The Balaban J connectivity index is 1.72. The Labute approximate surface area is 124 Å². The van der Waals surface area contributed by atoms with Crippen LogP contribution in [-0.2, 0) is 11.3 Å². The van der Waals surface area contributed by atoms with Crippen LogP contribution in [0.1, 0.15) is 11.8 Å². The summed E-state index contributed by atoms with van der Waals surface area (Å²) in [6.07, 6.45) is 1.27. The molecule has 0 radical (unpaired) electrons. The summed E-state index contributed by atoms with van der Waals surface area (Å²) in [7, 11) is 0. The predicted molar refractivity (Wildman–Crippen MR) is 79.6 cm³/mol. The molecule has 5 nitrogen and oxygen atoms in total. The standard InChI is InChI=1S/C13H12ClN3O2S/c1-7-12(18)17-10-3-2-8(4-11(10)19-7)15-5-9-6-16-13(14)20-9/h2-4,6-7,15H,5H2,1H3,(H,17,18). The van der Waals surface area contributed by atoms with Crippen LogP contribution in [0.2, 0.25) is 4.47 Å². The monoisotopic (exact) mass is 309 g/mol. The van der Waals surface area contributed by atoms with E-state index < -0.39 is 6.10 Å². The smallest absolute Gasteiger partial charge is 0.265 e. The maximum atomic E-state index is 11.5. The van der Waals surface area contributed by atoms with Crippen molar-refractivity contribution in [3.63, 3.8) is 0 Å². The third-order valence-corrected chi connectivity index (χ3v) is 4.02. The fourth-order valence-electron chi connectivity index (χ4n) is 1.87. The summed E-state index contributed by atoms with van der Waals surface area (Å²) in [5, 5.41) is 6.07. The van der Waals surface area contributed by atoms with E-state index in [9.17, 15) is 4.79 Å². The van der Waals surface area contributed by atoms with E-state index in [4.69, 9.17) is 16.3 Å². The molecule has 20 heavy (non-hydrogen) atoms. The maximum Gasteiger partial charge on any atom is 0.265 e. The van der Waals surface area contributed by atoms with Gasteiger partial charge in [0.05, 0.1) is 12.2 Å². The fraction of sp³-hybridized carbons (Fsp3) is 0.231. The molecular weight excluding hydrogens is 298 g/mol. The van der Waals surface area contributed by atoms with Gasteiger partial charge < -0.3 is 15.4 Å². The van der Waals surface area contributed by atoms with Gasteiger partial charge in [-0.3, -0.25) is 4.79 Å². The Bertz CT molecular complexity index is 659. The minimum absolute atomic E-state index is 0.127. The van der Waals surface area contributed by atoms with Crippen LogP contribution in [0.25, 0.3) is 0 Å². The van der Waals surface area contributed by atoms with Crippen LogP contribution >= 0.6 is 22.9 Å². The quantitative estimate of drug-likeness (QED) is 0.914. The number of carbonyl (C=O) groups excluding carboxylic acids is 1. The van der Waals surface area contributed by atoms with E-state index in [2.05, 4.69) is 15.6 Å². The number of rotatable bonds is 3. The molecule has 2 heterocycles. The number of amides is 1. The fourth-order valence-corrected chi connectivity index (χ4v) is 2.78. The number of ether oxygens (including phenoxy) is 1. The molecule has 0 saturated carbocycles. The molecule has 1 aromatic carbocycles. The molecule has 1 aliphatic heterocycles. The van der Waals surface area contributed by atoms with Crippen molar-refractivity contribution in [1.29, 1.82) is 0 Å².